The highest BCUT2D eigenvalue weighted by Gasteiger charge is 2.27. The van der Waals surface area contributed by atoms with Crippen molar-refractivity contribution in [2.75, 3.05) is 0 Å². The van der Waals surface area contributed by atoms with E-state index >= 15 is 0 Å². The SMILES string of the molecule is CC(C)(Cn1cc(Cl)cnc1=O)C(=O)NN. The van der Waals surface area contributed by atoms with Gasteiger partial charge in [-0.25, -0.2) is 15.6 Å². The number of hydrazine groups is 1. The Morgan fingerprint density at radius 1 is 1.69 bits per heavy atom. The Bertz CT molecular complexity index is 455. The molecule has 0 spiro atoms. The lowest BCUT2D eigenvalue weighted by molar-refractivity contribution is -0.130. The topological polar surface area (TPSA) is 90.0 Å². The van der Waals surface area contributed by atoms with Crippen LogP contribution in [0.1, 0.15) is 13.8 Å². The largest absolute Gasteiger partial charge is 0.347 e. The van der Waals surface area contributed by atoms with Gasteiger partial charge in [-0.1, -0.05) is 11.6 Å². The van der Waals surface area contributed by atoms with Gasteiger partial charge >= 0.3 is 5.69 Å². The van der Waals surface area contributed by atoms with Crippen LogP contribution in [0, 0.1) is 5.41 Å². The zero-order chi connectivity index (χ0) is 12.3. The summed E-state index contributed by atoms with van der Waals surface area (Å²) >= 11 is 5.71. The summed E-state index contributed by atoms with van der Waals surface area (Å²) in [5, 5.41) is 0.337. The van der Waals surface area contributed by atoms with E-state index in [1.165, 1.54) is 17.0 Å². The lowest BCUT2D eigenvalue weighted by Crippen LogP contribution is -2.44. The number of hydrogen-bond donors (Lipinski definition) is 2. The number of aromatic nitrogens is 2. The smallest absolute Gasteiger partial charge is 0.297 e. The van der Waals surface area contributed by atoms with Gasteiger partial charge in [0.25, 0.3) is 0 Å². The fourth-order valence-corrected chi connectivity index (χ4v) is 1.40. The van der Waals surface area contributed by atoms with Gasteiger partial charge in [0.1, 0.15) is 0 Å². The van der Waals surface area contributed by atoms with E-state index in [-0.39, 0.29) is 12.5 Å². The molecule has 0 atom stereocenters. The van der Waals surface area contributed by atoms with Crippen LogP contribution in [-0.4, -0.2) is 15.5 Å². The van der Waals surface area contributed by atoms with Gasteiger partial charge in [0.2, 0.25) is 5.91 Å². The van der Waals surface area contributed by atoms with E-state index in [0.717, 1.165) is 0 Å². The van der Waals surface area contributed by atoms with E-state index < -0.39 is 11.1 Å². The highest BCUT2D eigenvalue weighted by molar-refractivity contribution is 6.30. The number of halogens is 1. The number of nitrogens with zero attached hydrogens (tertiary/aromatic N) is 2. The molecule has 1 heterocycles. The van der Waals surface area contributed by atoms with Crippen molar-refractivity contribution < 1.29 is 4.79 Å². The first-order chi connectivity index (χ1) is 7.36. The first-order valence-electron chi connectivity index (χ1n) is 4.60. The maximum Gasteiger partial charge on any atom is 0.347 e. The summed E-state index contributed by atoms with van der Waals surface area (Å²) in [5.41, 5.74) is 0.781. The number of amides is 1. The lowest BCUT2D eigenvalue weighted by Gasteiger charge is -2.22. The Labute approximate surface area is 97.4 Å². The standard InChI is InChI=1S/C9H13ClN4O2/c1-9(2,7(15)13-11)5-14-4-6(10)3-12-8(14)16/h3-4H,5,11H2,1-2H3,(H,13,15). The second kappa shape index (κ2) is 4.63. The van der Waals surface area contributed by atoms with E-state index in [2.05, 4.69) is 10.4 Å². The molecule has 0 aromatic carbocycles. The molecule has 1 amide bonds. The van der Waals surface area contributed by atoms with Crippen molar-refractivity contribution >= 4 is 17.5 Å². The molecular formula is C9H13ClN4O2. The summed E-state index contributed by atoms with van der Waals surface area (Å²) in [6.45, 7) is 3.49. The quantitative estimate of drug-likeness (QED) is 0.442. The second-order valence-corrected chi connectivity index (χ2v) is 4.48. The maximum atomic E-state index is 11.4. The Morgan fingerprint density at radius 2 is 2.31 bits per heavy atom. The Balaban J connectivity index is 3.00. The van der Waals surface area contributed by atoms with Gasteiger partial charge in [-0.15, -0.1) is 0 Å². The van der Waals surface area contributed by atoms with Crippen LogP contribution in [0.5, 0.6) is 0 Å². The van der Waals surface area contributed by atoms with Crippen molar-refractivity contribution in [3.8, 4) is 0 Å². The van der Waals surface area contributed by atoms with Crippen LogP contribution in [0.25, 0.3) is 0 Å². The van der Waals surface area contributed by atoms with Crippen molar-refractivity contribution in [3.05, 3.63) is 27.9 Å². The zero-order valence-corrected chi connectivity index (χ0v) is 9.78. The highest BCUT2D eigenvalue weighted by atomic mass is 35.5. The molecule has 3 N–H and O–H groups in total. The van der Waals surface area contributed by atoms with Crippen molar-refractivity contribution in [1.29, 1.82) is 0 Å². The predicted octanol–water partition coefficient (Wildman–Crippen LogP) is -0.0872. The van der Waals surface area contributed by atoms with Crippen molar-refractivity contribution in [3.63, 3.8) is 0 Å². The summed E-state index contributed by atoms with van der Waals surface area (Å²) in [4.78, 5) is 26.4. The Hall–Kier alpha value is -1.40. The minimum atomic E-state index is -0.815. The molecule has 6 nitrogen and oxygen atoms in total. The molecule has 0 saturated carbocycles. The molecule has 0 radical (unpaired) electrons. The molecule has 1 aromatic rings. The fourth-order valence-electron chi connectivity index (χ4n) is 1.23. The zero-order valence-electron chi connectivity index (χ0n) is 9.03. The van der Waals surface area contributed by atoms with Gasteiger partial charge < -0.3 is 0 Å². The molecule has 0 saturated heterocycles. The molecule has 0 aliphatic heterocycles. The number of carbonyl (C=O) groups is 1. The number of hydrogen-bond acceptors (Lipinski definition) is 4. The summed E-state index contributed by atoms with van der Waals surface area (Å²) in [6, 6.07) is 0. The number of carbonyl (C=O) groups excluding carboxylic acids is 1. The molecule has 0 bridgehead atoms. The van der Waals surface area contributed by atoms with Crippen molar-refractivity contribution in [2.45, 2.75) is 20.4 Å². The fraction of sp³-hybridized carbons (Fsp3) is 0.444. The molecule has 0 aliphatic rings. The number of nitrogens with one attached hydrogen (secondary N) is 1. The van der Waals surface area contributed by atoms with Gasteiger partial charge in [-0.2, -0.15) is 0 Å². The molecule has 0 fully saturated rings. The Morgan fingerprint density at radius 3 is 2.88 bits per heavy atom. The van der Waals surface area contributed by atoms with Crippen molar-refractivity contribution in [1.82, 2.24) is 15.0 Å². The van der Waals surface area contributed by atoms with E-state index in [9.17, 15) is 9.59 Å². The molecule has 88 valence electrons. The first kappa shape index (κ1) is 12.7. The normalized spacial score (nSPS) is 11.2. The third-order valence-corrected chi connectivity index (χ3v) is 2.33. The molecule has 0 aliphatic carbocycles. The average molecular weight is 245 g/mol. The Kier molecular flexibility index (Phi) is 3.66. The second-order valence-electron chi connectivity index (χ2n) is 4.04. The van der Waals surface area contributed by atoms with Gasteiger partial charge in [-0.05, 0) is 13.8 Å². The highest BCUT2D eigenvalue weighted by Crippen LogP contribution is 2.17. The van der Waals surface area contributed by atoms with Crippen LogP contribution in [0.2, 0.25) is 5.02 Å². The predicted molar refractivity (Wildman–Crippen MR) is 59.6 cm³/mol. The van der Waals surface area contributed by atoms with E-state index in [4.69, 9.17) is 17.4 Å². The lowest BCUT2D eigenvalue weighted by atomic mass is 9.92. The number of rotatable bonds is 3. The van der Waals surface area contributed by atoms with Gasteiger partial charge in [0.15, 0.2) is 0 Å². The van der Waals surface area contributed by atoms with Crippen LogP contribution in [0.15, 0.2) is 17.2 Å². The first-order valence-corrected chi connectivity index (χ1v) is 4.97. The van der Waals surface area contributed by atoms with E-state index in [1.54, 1.807) is 13.8 Å². The summed E-state index contributed by atoms with van der Waals surface area (Å²) in [7, 11) is 0. The molecular weight excluding hydrogens is 232 g/mol. The minimum Gasteiger partial charge on any atom is -0.297 e. The summed E-state index contributed by atoms with van der Waals surface area (Å²) in [6.07, 6.45) is 2.69. The van der Waals surface area contributed by atoms with Crippen LogP contribution in [0.4, 0.5) is 0 Å². The van der Waals surface area contributed by atoms with Gasteiger partial charge in [0, 0.05) is 12.7 Å². The molecule has 1 aromatic heterocycles. The average Bonchev–Trinajstić information content (AvgIpc) is 2.22. The maximum absolute atomic E-state index is 11.4. The number of nitrogens with two attached hydrogens (primary N) is 1. The van der Waals surface area contributed by atoms with Crippen LogP contribution >= 0.6 is 11.6 Å². The van der Waals surface area contributed by atoms with Gasteiger partial charge in [0.05, 0.1) is 16.6 Å². The summed E-state index contributed by atoms with van der Waals surface area (Å²) in [5.74, 6) is 4.69. The molecule has 1 rings (SSSR count). The van der Waals surface area contributed by atoms with Crippen LogP contribution < -0.4 is 17.0 Å². The third-order valence-electron chi connectivity index (χ3n) is 2.13. The van der Waals surface area contributed by atoms with E-state index in [1.807, 2.05) is 0 Å². The third kappa shape index (κ3) is 2.80. The van der Waals surface area contributed by atoms with Crippen LogP contribution in [0.3, 0.4) is 0 Å². The van der Waals surface area contributed by atoms with Gasteiger partial charge in [-0.3, -0.25) is 14.8 Å². The van der Waals surface area contributed by atoms with E-state index in [0.29, 0.717) is 5.02 Å². The van der Waals surface area contributed by atoms with Crippen molar-refractivity contribution in [2.24, 2.45) is 11.3 Å². The molecule has 0 unspecified atom stereocenters. The summed E-state index contributed by atoms with van der Waals surface area (Å²) < 4.78 is 1.28. The monoisotopic (exact) mass is 244 g/mol. The molecule has 7 heteroatoms. The van der Waals surface area contributed by atoms with Crippen LogP contribution in [-0.2, 0) is 11.3 Å². The minimum absolute atomic E-state index is 0.155. The molecule has 16 heavy (non-hydrogen) atoms.